The van der Waals surface area contributed by atoms with Crippen molar-refractivity contribution in [2.24, 2.45) is 0 Å². The zero-order chi connectivity index (χ0) is 24.4. The van der Waals surface area contributed by atoms with E-state index in [9.17, 15) is 9.90 Å². The van der Waals surface area contributed by atoms with E-state index in [1.807, 2.05) is 72.5 Å². The van der Waals surface area contributed by atoms with Gasteiger partial charge in [-0.1, -0.05) is 66.2 Å². The van der Waals surface area contributed by atoms with Gasteiger partial charge in [0.15, 0.2) is 0 Å². The smallest absolute Gasteiger partial charge is 0.258 e. The van der Waals surface area contributed by atoms with E-state index in [4.69, 9.17) is 11.6 Å². The normalized spacial score (nSPS) is 18.8. The number of carbonyl (C=O) groups excluding carboxylic acids is 1. The van der Waals surface area contributed by atoms with Gasteiger partial charge in [-0.15, -0.1) is 0 Å². The Balaban J connectivity index is 1.35. The Morgan fingerprint density at radius 2 is 1.54 bits per heavy atom. The highest BCUT2D eigenvalue weighted by Crippen LogP contribution is 2.38. The van der Waals surface area contributed by atoms with Crippen LogP contribution in [0.1, 0.15) is 53.2 Å². The lowest BCUT2D eigenvalue weighted by Gasteiger charge is -2.38. The lowest BCUT2D eigenvalue weighted by molar-refractivity contribution is -0.0254. The minimum Gasteiger partial charge on any atom is -0.385 e. The maximum atomic E-state index is 13.4. The Bertz CT molecular complexity index is 1240. The summed E-state index contributed by atoms with van der Waals surface area (Å²) in [6, 6.07) is 23.7. The second-order valence-electron chi connectivity index (χ2n) is 9.40. The number of piperidine rings is 1. The second-order valence-corrected chi connectivity index (χ2v) is 9.84. The van der Waals surface area contributed by atoms with Gasteiger partial charge in [-0.2, -0.15) is 0 Å². The molecule has 0 aliphatic carbocycles. The Kier molecular flexibility index (Phi) is 6.79. The van der Waals surface area contributed by atoms with Gasteiger partial charge in [-0.3, -0.25) is 4.79 Å². The maximum absolute atomic E-state index is 13.4. The number of fused-ring (bicyclic) bond motifs is 2. The van der Waals surface area contributed by atoms with Crippen molar-refractivity contribution in [3.05, 3.63) is 106 Å². The van der Waals surface area contributed by atoms with E-state index in [1.165, 1.54) is 0 Å². The number of halogens is 1. The average Bonchev–Trinajstić information content (AvgIpc) is 2.98. The second kappa shape index (κ2) is 9.98. The molecule has 5 heteroatoms. The summed E-state index contributed by atoms with van der Waals surface area (Å²) in [4.78, 5) is 17.6. The summed E-state index contributed by atoms with van der Waals surface area (Å²) in [7, 11) is 0. The molecule has 0 atom stereocenters. The zero-order valence-electron chi connectivity index (χ0n) is 20.1. The lowest BCUT2D eigenvalue weighted by atomic mass is 9.84. The van der Waals surface area contributed by atoms with Gasteiger partial charge in [0.1, 0.15) is 0 Å². The summed E-state index contributed by atoms with van der Waals surface area (Å²) in [6.07, 6.45) is 4.56. The van der Waals surface area contributed by atoms with Crippen molar-refractivity contribution in [2.75, 3.05) is 31.1 Å². The van der Waals surface area contributed by atoms with Gasteiger partial charge in [0, 0.05) is 42.3 Å². The molecule has 180 valence electrons. The van der Waals surface area contributed by atoms with E-state index in [2.05, 4.69) is 23.1 Å². The summed E-state index contributed by atoms with van der Waals surface area (Å²) >= 11 is 6.02. The van der Waals surface area contributed by atoms with E-state index in [1.54, 1.807) is 0 Å². The third kappa shape index (κ3) is 4.66. The monoisotopic (exact) mass is 486 g/mol. The first-order valence-corrected chi connectivity index (χ1v) is 12.8. The van der Waals surface area contributed by atoms with Crippen LogP contribution in [0.5, 0.6) is 0 Å². The molecule has 3 aromatic carbocycles. The number of benzene rings is 3. The molecule has 2 heterocycles. The van der Waals surface area contributed by atoms with Crippen LogP contribution in [0.2, 0.25) is 5.02 Å². The third-order valence-corrected chi connectivity index (χ3v) is 7.60. The van der Waals surface area contributed by atoms with Crippen LogP contribution in [0.4, 0.5) is 5.69 Å². The molecule has 1 amide bonds. The van der Waals surface area contributed by atoms with Crippen molar-refractivity contribution in [3.8, 4) is 0 Å². The summed E-state index contributed by atoms with van der Waals surface area (Å²) < 4.78 is 0. The molecule has 1 saturated heterocycles. The van der Waals surface area contributed by atoms with Crippen LogP contribution in [0, 0.1) is 0 Å². The van der Waals surface area contributed by atoms with Gasteiger partial charge in [-0.05, 0) is 67.2 Å². The largest absolute Gasteiger partial charge is 0.385 e. The molecule has 0 radical (unpaired) electrons. The van der Waals surface area contributed by atoms with Crippen LogP contribution in [-0.2, 0) is 5.60 Å². The van der Waals surface area contributed by atoms with Gasteiger partial charge in [0.2, 0.25) is 0 Å². The number of carbonyl (C=O) groups is 1. The number of likely N-dealkylation sites (tertiary alicyclic amines) is 1. The molecule has 35 heavy (non-hydrogen) atoms. The molecule has 0 bridgehead atoms. The van der Waals surface area contributed by atoms with E-state index in [0.29, 0.717) is 24.4 Å². The molecule has 1 N–H and O–H groups in total. The molecule has 0 spiro atoms. The molecule has 5 rings (SSSR count). The van der Waals surface area contributed by atoms with Gasteiger partial charge in [0.05, 0.1) is 11.3 Å². The number of anilines is 1. The fourth-order valence-electron chi connectivity index (χ4n) is 5.36. The first-order chi connectivity index (χ1) is 17.0. The fourth-order valence-corrected chi connectivity index (χ4v) is 5.49. The van der Waals surface area contributed by atoms with Crippen LogP contribution in [-0.4, -0.2) is 42.1 Å². The van der Waals surface area contributed by atoms with Crippen LogP contribution in [0.3, 0.4) is 0 Å². The Labute approximate surface area is 212 Å². The Morgan fingerprint density at radius 3 is 2.23 bits per heavy atom. The predicted molar refractivity (Wildman–Crippen MR) is 143 cm³/mol. The minimum absolute atomic E-state index is 0.0523. The van der Waals surface area contributed by atoms with Crippen molar-refractivity contribution in [2.45, 2.75) is 31.8 Å². The summed E-state index contributed by atoms with van der Waals surface area (Å²) in [5, 5.41) is 11.9. The van der Waals surface area contributed by atoms with Crippen LogP contribution in [0.15, 0.2) is 78.9 Å². The Hall–Kier alpha value is -2.92. The molecule has 0 aromatic heterocycles. The van der Waals surface area contributed by atoms with Crippen molar-refractivity contribution in [3.63, 3.8) is 0 Å². The van der Waals surface area contributed by atoms with E-state index < -0.39 is 5.60 Å². The fraction of sp³-hybridized carbons (Fsp3) is 0.300. The quantitative estimate of drug-likeness (QED) is 0.472. The first kappa shape index (κ1) is 23.8. The van der Waals surface area contributed by atoms with Gasteiger partial charge in [0.25, 0.3) is 5.91 Å². The Morgan fingerprint density at radius 1 is 0.914 bits per heavy atom. The summed E-state index contributed by atoms with van der Waals surface area (Å²) in [6.45, 7) is 5.25. The molecule has 3 aromatic rings. The number of hydrogen-bond donors (Lipinski definition) is 1. The number of rotatable bonds is 5. The minimum atomic E-state index is -0.789. The first-order valence-electron chi connectivity index (χ1n) is 12.4. The van der Waals surface area contributed by atoms with Crippen LogP contribution < -0.4 is 4.90 Å². The number of nitrogens with zero attached hydrogens (tertiary/aromatic N) is 2. The average molecular weight is 487 g/mol. The third-order valence-electron chi connectivity index (χ3n) is 7.35. The summed E-state index contributed by atoms with van der Waals surface area (Å²) in [5.41, 5.74) is 5.09. The molecule has 0 unspecified atom stereocenters. The molecule has 1 fully saturated rings. The zero-order valence-corrected chi connectivity index (χ0v) is 20.8. The molecular weight excluding hydrogens is 456 g/mol. The van der Waals surface area contributed by atoms with Gasteiger partial charge < -0.3 is 14.9 Å². The number of hydrogen-bond acceptors (Lipinski definition) is 3. The molecule has 2 aliphatic heterocycles. The predicted octanol–water partition coefficient (Wildman–Crippen LogP) is 6.13. The van der Waals surface area contributed by atoms with Crippen molar-refractivity contribution < 1.29 is 9.90 Å². The molecule has 0 saturated carbocycles. The van der Waals surface area contributed by atoms with Crippen molar-refractivity contribution >= 4 is 28.8 Å². The van der Waals surface area contributed by atoms with Gasteiger partial charge >= 0.3 is 0 Å². The molecular formula is C30H31ClN2O2. The van der Waals surface area contributed by atoms with E-state index in [-0.39, 0.29) is 5.91 Å². The van der Waals surface area contributed by atoms with Crippen LogP contribution >= 0.6 is 11.6 Å². The van der Waals surface area contributed by atoms with Gasteiger partial charge in [-0.25, -0.2) is 0 Å². The standard InChI is InChI=1S/C30H31ClN2O2/c1-2-33-28-12-6-5-9-26(28)24(25-8-3-4-10-27(25)29(33)34)11-7-19-32-20-17-30(35,18-21-32)22-13-15-23(31)16-14-22/h3-6,8-16,35H,2,7,17-21H2,1H3. The lowest BCUT2D eigenvalue weighted by Crippen LogP contribution is -2.42. The SMILES string of the molecule is CCN1C(=O)c2ccccc2C(=CCCN2CCC(O)(c3ccc(Cl)cc3)CC2)c2ccccc21. The highest BCUT2D eigenvalue weighted by atomic mass is 35.5. The van der Waals surface area contributed by atoms with Crippen LogP contribution in [0.25, 0.3) is 5.57 Å². The molecule has 4 nitrogen and oxygen atoms in total. The maximum Gasteiger partial charge on any atom is 0.258 e. The number of aliphatic hydroxyl groups is 1. The summed E-state index contributed by atoms with van der Waals surface area (Å²) in [5.74, 6) is 0.0523. The number of para-hydroxylation sites is 1. The topological polar surface area (TPSA) is 43.8 Å². The highest BCUT2D eigenvalue weighted by Gasteiger charge is 2.34. The number of amides is 1. The van der Waals surface area contributed by atoms with Crippen molar-refractivity contribution in [1.82, 2.24) is 4.90 Å². The van der Waals surface area contributed by atoms with E-state index in [0.717, 1.165) is 59.6 Å². The van der Waals surface area contributed by atoms with E-state index >= 15 is 0 Å². The highest BCUT2D eigenvalue weighted by molar-refractivity contribution is 6.30. The van der Waals surface area contributed by atoms with Crippen molar-refractivity contribution in [1.29, 1.82) is 0 Å². The molecule has 2 aliphatic rings.